The van der Waals surface area contributed by atoms with Crippen molar-refractivity contribution < 1.29 is 8.42 Å². The molecule has 2 N–H and O–H groups in total. The van der Waals surface area contributed by atoms with Crippen molar-refractivity contribution in [3.63, 3.8) is 0 Å². The number of fused-ring (bicyclic) bond motifs is 1. The number of hydrogen-bond acceptors (Lipinski definition) is 6. The number of hydrogen-bond donors (Lipinski definition) is 1. The second-order valence-electron chi connectivity index (χ2n) is 9.15. The number of piperazine rings is 1. The van der Waals surface area contributed by atoms with Gasteiger partial charge in [0, 0.05) is 43.7 Å². The molecule has 1 aliphatic rings. The van der Waals surface area contributed by atoms with Gasteiger partial charge in [0.25, 0.3) is 0 Å². The number of anilines is 2. The fourth-order valence-electron chi connectivity index (χ4n) is 4.23. The van der Waals surface area contributed by atoms with Crippen LogP contribution in [0.3, 0.4) is 0 Å². The predicted octanol–water partition coefficient (Wildman–Crippen LogP) is 3.29. The van der Waals surface area contributed by atoms with Gasteiger partial charge in [-0.25, -0.2) is 8.42 Å². The van der Waals surface area contributed by atoms with Crippen LogP contribution in [0.1, 0.15) is 30.5 Å². The first-order valence-electron chi connectivity index (χ1n) is 11.0. The van der Waals surface area contributed by atoms with Crippen molar-refractivity contribution in [2.75, 3.05) is 43.1 Å². The van der Waals surface area contributed by atoms with E-state index in [-0.39, 0.29) is 0 Å². The molecule has 4 rings (SSSR count). The summed E-state index contributed by atoms with van der Waals surface area (Å²) in [6.07, 6.45) is 3.62. The second-order valence-corrected chi connectivity index (χ2v) is 11.1. The fourth-order valence-corrected chi connectivity index (χ4v) is 5.06. The Hall–Kier alpha value is -3.15. The largest absolute Gasteiger partial charge is 0.397 e. The quantitative estimate of drug-likeness (QED) is 0.623. The maximum Gasteiger partial charge on any atom is 0.211 e. The van der Waals surface area contributed by atoms with E-state index in [4.69, 9.17) is 5.73 Å². The first-order valence-corrected chi connectivity index (χ1v) is 12.8. The third-order valence-corrected chi connectivity index (χ3v) is 7.71. The molecule has 8 heteroatoms. The molecule has 33 heavy (non-hydrogen) atoms. The van der Waals surface area contributed by atoms with E-state index in [9.17, 15) is 13.7 Å². The van der Waals surface area contributed by atoms with Crippen molar-refractivity contribution in [2.45, 2.75) is 25.7 Å². The number of rotatable bonds is 5. The number of nitriles is 1. The van der Waals surface area contributed by atoms with E-state index in [1.807, 2.05) is 50.2 Å². The number of benzene rings is 2. The lowest BCUT2D eigenvalue weighted by molar-refractivity contribution is 0.388. The molecule has 0 amide bonds. The Morgan fingerprint density at radius 2 is 1.76 bits per heavy atom. The standard InChI is InChI=1S/C25H29N5O2S/c1-25(2,17-26)19-6-4-18(5-7-19)14-21-22-15-20(8-9-24(22)28-16-23(21)27)29-10-12-30(13-11-29)33(3,31)32/h4-9,15-16H,10-14,27H2,1-3H3. The lowest BCUT2D eigenvalue weighted by Gasteiger charge is -2.34. The monoisotopic (exact) mass is 463 g/mol. The van der Waals surface area contributed by atoms with Crippen LogP contribution >= 0.6 is 0 Å². The van der Waals surface area contributed by atoms with Gasteiger partial charge in [-0.15, -0.1) is 0 Å². The van der Waals surface area contributed by atoms with E-state index in [1.54, 1.807) is 6.20 Å². The molecule has 2 heterocycles. The molecular formula is C25H29N5O2S. The van der Waals surface area contributed by atoms with Gasteiger partial charge in [-0.1, -0.05) is 24.3 Å². The van der Waals surface area contributed by atoms with Gasteiger partial charge in [0.15, 0.2) is 0 Å². The minimum atomic E-state index is -3.16. The van der Waals surface area contributed by atoms with Crippen LogP contribution in [0.4, 0.5) is 11.4 Å². The summed E-state index contributed by atoms with van der Waals surface area (Å²) in [5.41, 5.74) is 11.5. The number of nitrogens with two attached hydrogens (primary N) is 1. The smallest absolute Gasteiger partial charge is 0.211 e. The zero-order valence-electron chi connectivity index (χ0n) is 19.2. The summed E-state index contributed by atoms with van der Waals surface area (Å²) in [5.74, 6) is 0. The zero-order chi connectivity index (χ0) is 23.8. The van der Waals surface area contributed by atoms with Crippen molar-refractivity contribution in [1.82, 2.24) is 9.29 Å². The minimum Gasteiger partial charge on any atom is -0.397 e. The van der Waals surface area contributed by atoms with Crippen molar-refractivity contribution in [1.29, 1.82) is 5.26 Å². The first-order chi connectivity index (χ1) is 15.6. The average molecular weight is 464 g/mol. The highest BCUT2D eigenvalue weighted by molar-refractivity contribution is 7.88. The molecule has 1 saturated heterocycles. The van der Waals surface area contributed by atoms with E-state index in [0.29, 0.717) is 38.3 Å². The Labute approximate surface area is 195 Å². The first kappa shape index (κ1) is 23.0. The molecular weight excluding hydrogens is 434 g/mol. The molecule has 1 aliphatic heterocycles. The zero-order valence-corrected chi connectivity index (χ0v) is 20.1. The predicted molar refractivity (Wildman–Crippen MR) is 133 cm³/mol. The summed E-state index contributed by atoms with van der Waals surface area (Å²) in [6.45, 7) is 6.05. The molecule has 0 saturated carbocycles. The molecule has 0 bridgehead atoms. The van der Waals surface area contributed by atoms with Gasteiger partial charge < -0.3 is 10.6 Å². The maximum absolute atomic E-state index is 11.8. The van der Waals surface area contributed by atoms with Crippen LogP contribution in [-0.4, -0.2) is 50.1 Å². The average Bonchev–Trinajstić information content (AvgIpc) is 2.80. The van der Waals surface area contributed by atoms with Crippen molar-refractivity contribution in [2.24, 2.45) is 0 Å². The van der Waals surface area contributed by atoms with E-state index in [1.165, 1.54) is 10.6 Å². The van der Waals surface area contributed by atoms with Crippen LogP contribution in [0.15, 0.2) is 48.7 Å². The fraction of sp³-hybridized carbons (Fsp3) is 0.360. The van der Waals surface area contributed by atoms with Crippen LogP contribution in [0.5, 0.6) is 0 Å². The summed E-state index contributed by atoms with van der Waals surface area (Å²) in [6, 6.07) is 16.6. The normalized spacial score (nSPS) is 15.5. The molecule has 7 nitrogen and oxygen atoms in total. The van der Waals surface area contributed by atoms with Gasteiger partial charge in [0.1, 0.15) is 0 Å². The van der Waals surface area contributed by atoms with Crippen LogP contribution in [0.25, 0.3) is 10.9 Å². The van der Waals surface area contributed by atoms with E-state index in [2.05, 4.69) is 22.0 Å². The second kappa shape index (κ2) is 8.65. The highest BCUT2D eigenvalue weighted by atomic mass is 32.2. The lowest BCUT2D eigenvalue weighted by atomic mass is 9.85. The lowest BCUT2D eigenvalue weighted by Crippen LogP contribution is -2.48. The Kier molecular flexibility index (Phi) is 6.04. The maximum atomic E-state index is 11.8. The number of nitrogen functional groups attached to an aromatic ring is 1. The highest BCUT2D eigenvalue weighted by Crippen LogP contribution is 2.30. The summed E-state index contributed by atoms with van der Waals surface area (Å²) in [4.78, 5) is 6.71. The Bertz CT molecular complexity index is 1320. The van der Waals surface area contributed by atoms with Gasteiger partial charge in [-0.3, -0.25) is 4.98 Å². The third-order valence-electron chi connectivity index (χ3n) is 6.41. The molecule has 1 fully saturated rings. The molecule has 0 unspecified atom stereocenters. The van der Waals surface area contributed by atoms with Gasteiger partial charge in [0.2, 0.25) is 10.0 Å². The van der Waals surface area contributed by atoms with Crippen molar-refractivity contribution in [3.8, 4) is 6.07 Å². The van der Waals surface area contributed by atoms with Crippen LogP contribution in [-0.2, 0) is 21.9 Å². The summed E-state index contributed by atoms with van der Waals surface area (Å²) >= 11 is 0. The molecule has 1 aromatic heterocycles. The van der Waals surface area contributed by atoms with Gasteiger partial charge in [-0.2, -0.15) is 9.57 Å². The Morgan fingerprint density at radius 1 is 1.09 bits per heavy atom. The van der Waals surface area contributed by atoms with Gasteiger partial charge in [0.05, 0.1) is 35.1 Å². The highest BCUT2D eigenvalue weighted by Gasteiger charge is 2.24. The van der Waals surface area contributed by atoms with Crippen LogP contribution < -0.4 is 10.6 Å². The molecule has 172 valence electrons. The van der Waals surface area contributed by atoms with Crippen LogP contribution in [0.2, 0.25) is 0 Å². The van der Waals surface area contributed by atoms with Crippen molar-refractivity contribution in [3.05, 3.63) is 65.4 Å². The van der Waals surface area contributed by atoms with E-state index in [0.717, 1.165) is 33.3 Å². The van der Waals surface area contributed by atoms with Crippen LogP contribution in [0, 0.1) is 11.3 Å². The number of aromatic nitrogens is 1. The van der Waals surface area contributed by atoms with E-state index >= 15 is 0 Å². The number of pyridine rings is 1. The minimum absolute atomic E-state index is 0.476. The topological polar surface area (TPSA) is 103 Å². The summed E-state index contributed by atoms with van der Waals surface area (Å²) in [7, 11) is -3.16. The molecule has 0 radical (unpaired) electrons. The molecule has 0 spiro atoms. The summed E-state index contributed by atoms with van der Waals surface area (Å²) < 4.78 is 25.2. The Morgan fingerprint density at radius 3 is 2.36 bits per heavy atom. The van der Waals surface area contributed by atoms with Crippen molar-refractivity contribution >= 4 is 32.3 Å². The molecule has 0 atom stereocenters. The summed E-state index contributed by atoms with van der Waals surface area (Å²) in [5, 5.41) is 10.4. The van der Waals surface area contributed by atoms with E-state index < -0.39 is 15.4 Å². The SMILES string of the molecule is CC(C)(C#N)c1ccc(Cc2c(N)cnc3ccc(N4CCN(S(C)(=O)=O)CC4)cc23)cc1. The molecule has 0 aliphatic carbocycles. The van der Waals surface area contributed by atoms with Gasteiger partial charge >= 0.3 is 0 Å². The number of sulfonamides is 1. The Balaban J connectivity index is 1.63. The van der Waals surface area contributed by atoms with Gasteiger partial charge in [-0.05, 0) is 48.7 Å². The number of nitrogens with zero attached hydrogens (tertiary/aromatic N) is 4. The third kappa shape index (κ3) is 4.80. The molecule has 3 aromatic rings. The molecule has 2 aromatic carbocycles.